The van der Waals surface area contributed by atoms with Crippen LogP contribution in [0.2, 0.25) is 0 Å². The largest absolute Gasteiger partial charge is 0.493 e. The van der Waals surface area contributed by atoms with Gasteiger partial charge >= 0.3 is 0 Å². The lowest BCUT2D eigenvalue weighted by Crippen LogP contribution is -1.93. The van der Waals surface area contributed by atoms with Crippen molar-refractivity contribution in [1.29, 1.82) is 0 Å². The van der Waals surface area contributed by atoms with E-state index in [1.54, 1.807) is 20.4 Å². The van der Waals surface area contributed by atoms with Crippen molar-refractivity contribution in [3.8, 4) is 11.5 Å². The molecule has 2 aromatic rings. The van der Waals surface area contributed by atoms with Gasteiger partial charge in [-0.1, -0.05) is 11.3 Å². The summed E-state index contributed by atoms with van der Waals surface area (Å²) in [5.74, 6) is 1.36. The van der Waals surface area contributed by atoms with Crippen molar-refractivity contribution >= 4 is 27.2 Å². The third-order valence-electron chi connectivity index (χ3n) is 2.16. The number of nitrogens with zero attached hydrogens (tertiary/aromatic N) is 1. The second-order valence-electron chi connectivity index (χ2n) is 3.26. The predicted octanol–water partition coefficient (Wildman–Crippen LogP) is 2.49. The van der Waals surface area contributed by atoms with Crippen LogP contribution >= 0.6 is 11.3 Å². The van der Waals surface area contributed by atoms with E-state index in [0.717, 1.165) is 10.8 Å². The molecule has 5 nitrogen and oxygen atoms in total. The number of nitrogen functional groups attached to an aromatic ring is 1. The molecule has 1 aromatic carbocycles. The van der Waals surface area contributed by atoms with Gasteiger partial charge in [0.05, 0.1) is 20.4 Å². The molecule has 0 atom stereocenters. The summed E-state index contributed by atoms with van der Waals surface area (Å²) in [5.41, 5.74) is 6.48. The van der Waals surface area contributed by atoms with Gasteiger partial charge in [0.1, 0.15) is 5.00 Å². The molecule has 6 heteroatoms. The Kier molecular flexibility index (Phi) is 3.34. The van der Waals surface area contributed by atoms with E-state index in [2.05, 4.69) is 10.3 Å². The molecule has 3 N–H and O–H groups in total. The first-order chi connectivity index (χ1) is 8.22. The Morgan fingerprint density at radius 1 is 1.24 bits per heavy atom. The molecule has 0 saturated carbocycles. The van der Waals surface area contributed by atoms with Crippen LogP contribution in [-0.2, 0) is 0 Å². The molecule has 0 fully saturated rings. The van der Waals surface area contributed by atoms with Gasteiger partial charge in [0.2, 0.25) is 0 Å². The minimum Gasteiger partial charge on any atom is -0.493 e. The summed E-state index contributed by atoms with van der Waals surface area (Å²) in [6, 6.07) is 5.56. The fraction of sp³-hybridized carbons (Fsp3) is 0.182. The Balaban J connectivity index is 2.22. The van der Waals surface area contributed by atoms with Crippen LogP contribution in [0.1, 0.15) is 0 Å². The number of anilines is 3. The average Bonchev–Trinajstić information content (AvgIpc) is 2.74. The van der Waals surface area contributed by atoms with Gasteiger partial charge in [-0.3, -0.25) is 0 Å². The lowest BCUT2D eigenvalue weighted by atomic mass is 10.3. The molecule has 2 rings (SSSR count). The molecule has 90 valence electrons. The zero-order valence-corrected chi connectivity index (χ0v) is 10.4. The highest BCUT2D eigenvalue weighted by Gasteiger charge is 2.05. The first kappa shape index (κ1) is 11.5. The third-order valence-corrected chi connectivity index (χ3v) is 2.90. The molecule has 0 aliphatic rings. The molecule has 0 bridgehead atoms. The predicted molar refractivity (Wildman–Crippen MR) is 69.4 cm³/mol. The Morgan fingerprint density at radius 3 is 2.59 bits per heavy atom. The van der Waals surface area contributed by atoms with Crippen molar-refractivity contribution in [3.63, 3.8) is 0 Å². The Morgan fingerprint density at radius 2 is 2.00 bits per heavy atom. The highest BCUT2D eigenvalue weighted by atomic mass is 32.1. The molecule has 0 amide bonds. The zero-order valence-electron chi connectivity index (χ0n) is 9.56. The van der Waals surface area contributed by atoms with E-state index in [1.165, 1.54) is 11.3 Å². The summed E-state index contributed by atoms with van der Waals surface area (Å²) < 4.78 is 10.4. The molecule has 0 aliphatic carbocycles. The van der Waals surface area contributed by atoms with Crippen molar-refractivity contribution in [2.45, 2.75) is 0 Å². The number of ether oxygens (including phenoxy) is 2. The average molecular weight is 251 g/mol. The van der Waals surface area contributed by atoms with E-state index in [4.69, 9.17) is 15.2 Å². The second kappa shape index (κ2) is 4.92. The maximum absolute atomic E-state index is 5.61. The van der Waals surface area contributed by atoms with Crippen LogP contribution in [0.25, 0.3) is 0 Å². The fourth-order valence-corrected chi connectivity index (χ4v) is 1.98. The summed E-state index contributed by atoms with van der Waals surface area (Å²) in [5, 5.41) is 4.56. The molecule has 1 heterocycles. The normalized spacial score (nSPS) is 10.0. The smallest absolute Gasteiger partial charge is 0.189 e. The van der Waals surface area contributed by atoms with E-state index in [9.17, 15) is 0 Å². The quantitative estimate of drug-likeness (QED) is 0.873. The summed E-state index contributed by atoms with van der Waals surface area (Å²) >= 11 is 1.39. The molecule has 0 aliphatic heterocycles. The second-order valence-corrected chi connectivity index (χ2v) is 4.32. The minimum absolute atomic E-state index is 0.669. The highest BCUT2D eigenvalue weighted by molar-refractivity contribution is 7.19. The molecular weight excluding hydrogens is 238 g/mol. The van der Waals surface area contributed by atoms with Gasteiger partial charge in [-0.15, -0.1) is 0 Å². The van der Waals surface area contributed by atoms with Crippen LogP contribution < -0.4 is 20.5 Å². The maximum Gasteiger partial charge on any atom is 0.189 e. The van der Waals surface area contributed by atoms with Crippen molar-refractivity contribution < 1.29 is 9.47 Å². The van der Waals surface area contributed by atoms with Crippen LogP contribution in [0.5, 0.6) is 11.5 Å². The van der Waals surface area contributed by atoms with Gasteiger partial charge in [0, 0.05) is 11.8 Å². The van der Waals surface area contributed by atoms with Gasteiger partial charge in [0.25, 0.3) is 0 Å². The fourth-order valence-electron chi connectivity index (χ4n) is 1.38. The van der Waals surface area contributed by atoms with Crippen LogP contribution in [0.15, 0.2) is 24.4 Å². The number of rotatable bonds is 4. The monoisotopic (exact) mass is 251 g/mol. The highest BCUT2D eigenvalue weighted by Crippen LogP contribution is 2.32. The van der Waals surface area contributed by atoms with E-state index >= 15 is 0 Å². The summed E-state index contributed by atoms with van der Waals surface area (Å²) in [6.07, 6.45) is 1.62. The number of nitrogens with two attached hydrogens (primary N) is 1. The van der Waals surface area contributed by atoms with Crippen molar-refractivity contribution in [3.05, 3.63) is 24.4 Å². The summed E-state index contributed by atoms with van der Waals surface area (Å²) in [7, 11) is 3.20. The third kappa shape index (κ3) is 2.59. The zero-order chi connectivity index (χ0) is 12.3. The van der Waals surface area contributed by atoms with Crippen LogP contribution in [0.4, 0.5) is 15.8 Å². The van der Waals surface area contributed by atoms with Gasteiger partial charge in [-0.2, -0.15) is 0 Å². The van der Waals surface area contributed by atoms with Crippen LogP contribution in [0.3, 0.4) is 0 Å². The van der Waals surface area contributed by atoms with Crippen LogP contribution in [-0.4, -0.2) is 19.2 Å². The standard InChI is InChI=1S/C11H13N3O2S/c1-15-8-4-3-7(5-9(8)16-2)14-11-13-6-10(12)17-11/h3-6H,12H2,1-2H3,(H,13,14). The van der Waals surface area contributed by atoms with Gasteiger partial charge in [0.15, 0.2) is 16.6 Å². The number of methoxy groups -OCH3 is 2. The SMILES string of the molecule is COc1ccc(Nc2ncc(N)s2)cc1OC. The summed E-state index contributed by atoms with van der Waals surface area (Å²) in [6.45, 7) is 0. The number of thiazole rings is 1. The van der Waals surface area contributed by atoms with E-state index in [-0.39, 0.29) is 0 Å². The lowest BCUT2D eigenvalue weighted by molar-refractivity contribution is 0.355. The Hall–Kier alpha value is -1.95. The molecular formula is C11H13N3O2S. The van der Waals surface area contributed by atoms with Crippen molar-refractivity contribution in [2.75, 3.05) is 25.3 Å². The first-order valence-electron chi connectivity index (χ1n) is 4.93. The molecule has 0 saturated heterocycles. The number of hydrogen-bond acceptors (Lipinski definition) is 6. The number of benzene rings is 1. The maximum atomic E-state index is 5.61. The van der Waals surface area contributed by atoms with E-state index < -0.39 is 0 Å². The molecule has 17 heavy (non-hydrogen) atoms. The number of nitrogens with one attached hydrogen (secondary N) is 1. The molecule has 0 spiro atoms. The van der Waals surface area contributed by atoms with Crippen molar-refractivity contribution in [1.82, 2.24) is 4.98 Å². The van der Waals surface area contributed by atoms with Gasteiger partial charge in [-0.25, -0.2) is 4.98 Å². The minimum atomic E-state index is 0.669. The summed E-state index contributed by atoms with van der Waals surface area (Å²) in [4.78, 5) is 4.12. The lowest BCUT2D eigenvalue weighted by Gasteiger charge is -2.09. The van der Waals surface area contributed by atoms with E-state index in [0.29, 0.717) is 16.5 Å². The first-order valence-corrected chi connectivity index (χ1v) is 5.75. The Bertz CT molecular complexity index is 513. The van der Waals surface area contributed by atoms with E-state index in [1.807, 2.05) is 18.2 Å². The Labute approximate surface area is 103 Å². The molecule has 0 unspecified atom stereocenters. The van der Waals surface area contributed by atoms with Crippen LogP contribution in [0, 0.1) is 0 Å². The van der Waals surface area contributed by atoms with Gasteiger partial charge in [-0.05, 0) is 12.1 Å². The van der Waals surface area contributed by atoms with Crippen molar-refractivity contribution in [2.24, 2.45) is 0 Å². The number of hydrogen-bond donors (Lipinski definition) is 2. The topological polar surface area (TPSA) is 69.4 Å². The molecule has 0 radical (unpaired) electrons. The number of aromatic nitrogens is 1. The molecule has 1 aromatic heterocycles. The van der Waals surface area contributed by atoms with Gasteiger partial charge < -0.3 is 20.5 Å².